The van der Waals surface area contributed by atoms with Crippen molar-refractivity contribution in [3.63, 3.8) is 0 Å². The summed E-state index contributed by atoms with van der Waals surface area (Å²) < 4.78 is 2.91. The Balaban J connectivity index is 0.955. The molecular weight excluding hydrogens is 844 g/mol. The molecule has 0 amide bonds. The number of fused-ring (bicyclic) bond motifs is 18. The lowest BCUT2D eigenvalue weighted by molar-refractivity contribution is -0.00527. The molecule has 9 aliphatic carbocycles. The summed E-state index contributed by atoms with van der Waals surface area (Å²) in [7, 11) is 0. The summed E-state index contributed by atoms with van der Waals surface area (Å²) in [5.41, 5.74) is 24.6. The standard InChI is InChI=1S/C67H55BN2/c1-2-11-47-44(10-1)28-51-53-31-46(66-35-41-25-42(36-66)27-43(26-41)37-66)30-52-50-29-45(65-32-38-22-39(33-65)24-40(23-38)34-65)20-21-59(50)70(62(52)53)68-58-18-9-17-57-64(58)69(63(47)61(51)68)60-19-8-7-16-56(60)67(57)54-14-5-3-12-48(54)49-13-4-6-15-55(49)67/h1-21,28-31,38-43H,22-27,32-37H2. The molecule has 4 heterocycles. The maximum absolute atomic E-state index is 2.91. The highest BCUT2D eigenvalue weighted by molar-refractivity contribution is 6.90. The summed E-state index contributed by atoms with van der Waals surface area (Å²) in [6, 6.07) is 61.4. The van der Waals surface area contributed by atoms with Crippen molar-refractivity contribution in [2.75, 3.05) is 4.90 Å². The first-order valence-corrected chi connectivity index (χ1v) is 27.4. The molecule has 336 valence electrons. The lowest BCUT2D eigenvalue weighted by Crippen LogP contribution is -2.58. The summed E-state index contributed by atoms with van der Waals surface area (Å²) in [4.78, 5) is 2.77. The monoisotopic (exact) mass is 898 g/mol. The second-order valence-corrected chi connectivity index (χ2v) is 25.2. The van der Waals surface area contributed by atoms with Crippen LogP contribution in [0.3, 0.4) is 0 Å². The van der Waals surface area contributed by atoms with Gasteiger partial charge in [-0.1, -0.05) is 115 Å². The summed E-state index contributed by atoms with van der Waals surface area (Å²) in [5.74, 6) is 5.45. The third kappa shape index (κ3) is 4.27. The van der Waals surface area contributed by atoms with Crippen molar-refractivity contribution < 1.29 is 0 Å². The van der Waals surface area contributed by atoms with Crippen LogP contribution in [0.1, 0.15) is 110 Å². The molecule has 0 radical (unpaired) electrons. The molecule has 2 nitrogen and oxygen atoms in total. The van der Waals surface area contributed by atoms with Crippen LogP contribution in [0, 0.1) is 35.5 Å². The number of hydrogen-bond donors (Lipinski definition) is 0. The molecule has 9 aromatic rings. The molecule has 8 bridgehead atoms. The van der Waals surface area contributed by atoms with Gasteiger partial charge in [0, 0.05) is 38.4 Å². The fourth-order valence-electron chi connectivity index (χ4n) is 20.4. The smallest absolute Gasteiger partial charge is 0.333 e. The number of aromatic nitrogens is 1. The minimum atomic E-state index is -0.462. The maximum atomic E-state index is 2.91. The zero-order valence-corrected chi connectivity index (χ0v) is 39.9. The van der Waals surface area contributed by atoms with E-state index < -0.39 is 5.41 Å². The molecule has 70 heavy (non-hydrogen) atoms. The first-order chi connectivity index (χ1) is 34.5. The Hall–Kier alpha value is -6.32. The Morgan fingerprint density at radius 1 is 0.414 bits per heavy atom. The van der Waals surface area contributed by atoms with Gasteiger partial charge in [-0.3, -0.25) is 0 Å². The zero-order chi connectivity index (χ0) is 45.0. The van der Waals surface area contributed by atoms with Gasteiger partial charge in [-0.2, -0.15) is 0 Å². The van der Waals surface area contributed by atoms with Crippen molar-refractivity contribution in [3.8, 4) is 22.3 Å². The SMILES string of the molecule is c1ccc2c(c1)-c1ccccc1C21c2ccccc2N2c3c(cccc31)B1c3c(cc4ccccc4c32)-c2cc(C34CC5CC(CC(C5)C3)C4)cc3c4cc(C56CC7CC(CC(C7)C5)C6)ccc4n1c23. The number of rotatable bonds is 2. The predicted molar refractivity (Wildman–Crippen MR) is 288 cm³/mol. The van der Waals surface area contributed by atoms with Gasteiger partial charge >= 0.3 is 6.85 Å². The molecule has 3 heteroatoms. The topological polar surface area (TPSA) is 8.17 Å². The molecule has 8 saturated carbocycles. The Morgan fingerprint density at radius 2 is 0.986 bits per heavy atom. The Kier molecular flexibility index (Phi) is 6.64. The van der Waals surface area contributed by atoms with Crippen molar-refractivity contribution in [2.45, 2.75) is 93.3 Å². The van der Waals surface area contributed by atoms with Gasteiger partial charge in [0.05, 0.1) is 16.8 Å². The number of hydrogen-bond acceptors (Lipinski definition) is 1. The van der Waals surface area contributed by atoms with Gasteiger partial charge in [0.15, 0.2) is 0 Å². The average molecular weight is 899 g/mol. The van der Waals surface area contributed by atoms with Crippen LogP contribution in [-0.4, -0.2) is 11.3 Å². The molecule has 8 fully saturated rings. The van der Waals surface area contributed by atoms with Crippen molar-refractivity contribution >= 4 is 67.4 Å². The van der Waals surface area contributed by atoms with Crippen LogP contribution in [-0.2, 0) is 16.2 Å². The minimum absolute atomic E-state index is 0.0123. The lowest BCUT2D eigenvalue weighted by Gasteiger charge is -2.57. The van der Waals surface area contributed by atoms with E-state index in [-0.39, 0.29) is 12.3 Å². The van der Waals surface area contributed by atoms with Crippen molar-refractivity contribution in [3.05, 3.63) is 185 Å². The second-order valence-electron chi connectivity index (χ2n) is 25.2. The van der Waals surface area contributed by atoms with Crippen LogP contribution >= 0.6 is 0 Å². The van der Waals surface area contributed by atoms with E-state index in [1.807, 2.05) is 0 Å². The normalized spacial score (nSPS) is 29.8. The van der Waals surface area contributed by atoms with Crippen LogP contribution in [0.15, 0.2) is 152 Å². The van der Waals surface area contributed by atoms with Crippen LogP contribution in [0.25, 0.3) is 54.8 Å². The van der Waals surface area contributed by atoms with Crippen molar-refractivity contribution in [1.82, 2.24) is 4.48 Å². The number of benzene rings is 8. The highest BCUT2D eigenvalue weighted by atomic mass is 15.2. The molecule has 21 rings (SSSR count). The van der Waals surface area contributed by atoms with E-state index in [0.717, 1.165) is 35.5 Å². The molecule has 1 aromatic heterocycles. The third-order valence-corrected chi connectivity index (χ3v) is 21.8. The van der Waals surface area contributed by atoms with E-state index >= 15 is 0 Å². The molecule has 0 saturated heterocycles. The molecular formula is C67H55BN2. The highest BCUT2D eigenvalue weighted by Gasteiger charge is 2.57. The van der Waals surface area contributed by atoms with E-state index in [9.17, 15) is 0 Å². The van der Waals surface area contributed by atoms with E-state index in [2.05, 4.69) is 161 Å². The molecule has 0 atom stereocenters. The first-order valence-electron chi connectivity index (χ1n) is 27.4. The van der Waals surface area contributed by atoms with E-state index in [0.29, 0.717) is 5.41 Å². The van der Waals surface area contributed by atoms with E-state index in [1.165, 1.54) is 182 Å². The summed E-state index contributed by atoms with van der Waals surface area (Å²) in [6.45, 7) is 0.0123. The fourth-order valence-corrected chi connectivity index (χ4v) is 20.4. The van der Waals surface area contributed by atoms with Gasteiger partial charge in [0.25, 0.3) is 0 Å². The van der Waals surface area contributed by atoms with E-state index in [1.54, 1.807) is 11.1 Å². The summed E-state index contributed by atoms with van der Waals surface area (Å²) >= 11 is 0. The maximum Gasteiger partial charge on any atom is 0.333 e. The predicted octanol–water partition coefficient (Wildman–Crippen LogP) is 15.0. The molecule has 0 N–H and O–H groups in total. The van der Waals surface area contributed by atoms with Gasteiger partial charge in [-0.05, 0) is 226 Å². The summed E-state index contributed by atoms with van der Waals surface area (Å²) in [5, 5.41) is 5.73. The lowest BCUT2D eigenvalue weighted by atomic mass is 9.43. The van der Waals surface area contributed by atoms with Gasteiger partial charge in [0.2, 0.25) is 0 Å². The summed E-state index contributed by atoms with van der Waals surface area (Å²) in [6.07, 6.45) is 17.2. The van der Waals surface area contributed by atoms with Crippen molar-refractivity contribution in [1.29, 1.82) is 0 Å². The van der Waals surface area contributed by atoms with E-state index in [4.69, 9.17) is 0 Å². The third-order valence-electron chi connectivity index (χ3n) is 21.8. The molecule has 8 aromatic carbocycles. The Morgan fingerprint density at radius 3 is 1.67 bits per heavy atom. The Labute approximate surface area is 410 Å². The number of para-hydroxylation sites is 2. The van der Waals surface area contributed by atoms with Crippen LogP contribution in [0.4, 0.5) is 17.1 Å². The van der Waals surface area contributed by atoms with Crippen LogP contribution < -0.4 is 15.8 Å². The van der Waals surface area contributed by atoms with Gasteiger partial charge in [0.1, 0.15) is 0 Å². The quantitative estimate of drug-likeness (QED) is 0.157. The van der Waals surface area contributed by atoms with Crippen LogP contribution in [0.2, 0.25) is 0 Å². The van der Waals surface area contributed by atoms with Crippen molar-refractivity contribution in [2.24, 2.45) is 35.5 Å². The molecule has 1 spiro atoms. The van der Waals surface area contributed by atoms with Gasteiger partial charge < -0.3 is 9.38 Å². The highest BCUT2D eigenvalue weighted by Crippen LogP contribution is 2.66. The zero-order valence-electron chi connectivity index (χ0n) is 39.9. The first kappa shape index (κ1) is 37.5. The number of anilines is 3. The fraction of sp³-hybridized carbons (Fsp3) is 0.313. The number of nitrogens with zero attached hydrogens (tertiary/aromatic N) is 2. The minimum Gasteiger partial charge on any atom is -0.375 e. The van der Waals surface area contributed by atoms with Gasteiger partial charge in [-0.15, -0.1) is 0 Å². The van der Waals surface area contributed by atoms with Gasteiger partial charge in [-0.25, -0.2) is 0 Å². The molecule has 3 aliphatic heterocycles. The largest absolute Gasteiger partial charge is 0.375 e. The average Bonchev–Trinajstić information content (AvgIpc) is 3.87. The molecule has 0 unspecified atom stereocenters. The Bertz CT molecular complexity index is 3790. The molecule has 12 aliphatic rings. The second kappa shape index (κ2) is 12.4. The van der Waals surface area contributed by atoms with Crippen LogP contribution in [0.5, 0.6) is 0 Å².